The Kier molecular flexibility index (Phi) is 4.51. The van der Waals surface area contributed by atoms with Crippen molar-refractivity contribution in [2.24, 2.45) is 5.73 Å². The second-order valence-corrected chi connectivity index (χ2v) is 2.41. The van der Waals surface area contributed by atoms with E-state index in [0.29, 0.717) is 0 Å². The van der Waals surface area contributed by atoms with Gasteiger partial charge in [0.1, 0.15) is 0 Å². The van der Waals surface area contributed by atoms with E-state index in [1.165, 1.54) is 0 Å². The number of aliphatic hydroxyl groups excluding tert-OH is 1. The molecule has 0 saturated carbocycles. The van der Waals surface area contributed by atoms with Gasteiger partial charge in [0.25, 0.3) is 0 Å². The van der Waals surface area contributed by atoms with Crippen LogP contribution >= 0.6 is 0 Å². The van der Waals surface area contributed by atoms with Crippen molar-refractivity contribution < 1.29 is 23.0 Å². The Hall–Kier alpha value is -0.330. The predicted molar refractivity (Wildman–Crippen MR) is 36.5 cm³/mol. The van der Waals surface area contributed by atoms with Gasteiger partial charge in [-0.1, -0.05) is 0 Å². The maximum atomic E-state index is 11.8. The van der Waals surface area contributed by atoms with Crippen molar-refractivity contribution in [3.63, 3.8) is 0 Å². The number of aliphatic hydroxyl groups is 1. The van der Waals surface area contributed by atoms with Crippen molar-refractivity contribution in [3.8, 4) is 0 Å². The van der Waals surface area contributed by atoms with Crippen LogP contribution in [0.4, 0.5) is 13.2 Å². The van der Waals surface area contributed by atoms with Crippen LogP contribution in [0.1, 0.15) is 6.92 Å². The molecule has 0 bridgehead atoms. The molecule has 74 valence electrons. The minimum Gasteiger partial charge on any atom is -0.389 e. The molecule has 3 nitrogen and oxygen atoms in total. The van der Waals surface area contributed by atoms with E-state index in [9.17, 15) is 13.2 Å². The van der Waals surface area contributed by atoms with Crippen molar-refractivity contribution in [2.75, 3.05) is 13.2 Å². The second-order valence-electron chi connectivity index (χ2n) is 2.41. The summed E-state index contributed by atoms with van der Waals surface area (Å²) < 4.78 is 39.6. The van der Waals surface area contributed by atoms with Gasteiger partial charge in [0.15, 0.2) is 6.10 Å². The van der Waals surface area contributed by atoms with E-state index in [1.54, 1.807) is 0 Å². The number of rotatable bonds is 4. The Morgan fingerprint density at radius 2 is 2.00 bits per heavy atom. The predicted octanol–water partition coefficient (Wildman–Crippen LogP) is 0.273. The molecule has 0 rings (SSSR count). The second kappa shape index (κ2) is 4.64. The number of alkyl halides is 3. The first-order valence-electron chi connectivity index (χ1n) is 3.44. The van der Waals surface area contributed by atoms with Crippen LogP contribution in [-0.2, 0) is 4.74 Å². The molecule has 0 heterocycles. The molecule has 0 aromatic carbocycles. The van der Waals surface area contributed by atoms with Crippen molar-refractivity contribution >= 4 is 0 Å². The average Bonchev–Trinajstić information content (AvgIpc) is 1.97. The summed E-state index contributed by atoms with van der Waals surface area (Å²) in [6, 6.07) is 0. The van der Waals surface area contributed by atoms with Crippen molar-refractivity contribution in [1.29, 1.82) is 0 Å². The zero-order valence-electron chi connectivity index (χ0n) is 6.64. The van der Waals surface area contributed by atoms with Gasteiger partial charge in [-0.2, -0.15) is 13.2 Å². The van der Waals surface area contributed by atoms with Gasteiger partial charge in [-0.15, -0.1) is 0 Å². The minimum atomic E-state index is -4.38. The molecule has 0 aromatic heterocycles. The fraction of sp³-hybridized carbons (Fsp3) is 1.00. The molecule has 3 N–H and O–H groups in total. The highest BCUT2D eigenvalue weighted by Crippen LogP contribution is 2.22. The zero-order chi connectivity index (χ0) is 9.78. The molecule has 2 unspecified atom stereocenters. The van der Waals surface area contributed by atoms with Gasteiger partial charge in [-0.25, -0.2) is 0 Å². The lowest BCUT2D eigenvalue weighted by molar-refractivity contribution is -0.218. The molecule has 6 heteroatoms. The fourth-order valence-electron chi connectivity index (χ4n) is 0.418. The first-order chi connectivity index (χ1) is 5.38. The first-order valence-corrected chi connectivity index (χ1v) is 3.44. The molecule has 2 atom stereocenters. The molecule has 0 aromatic rings. The normalized spacial score (nSPS) is 17.5. The molecule has 0 spiro atoms. The molecule has 12 heavy (non-hydrogen) atoms. The van der Waals surface area contributed by atoms with E-state index < -0.39 is 25.0 Å². The topological polar surface area (TPSA) is 55.5 Å². The third-order valence-electron chi connectivity index (χ3n) is 1.27. The van der Waals surface area contributed by atoms with E-state index in [4.69, 9.17) is 10.8 Å². The molecule has 0 aliphatic rings. The fourth-order valence-corrected chi connectivity index (χ4v) is 0.418. The van der Waals surface area contributed by atoms with Gasteiger partial charge < -0.3 is 15.6 Å². The van der Waals surface area contributed by atoms with Crippen LogP contribution in [-0.4, -0.2) is 36.6 Å². The van der Waals surface area contributed by atoms with Gasteiger partial charge in [-0.05, 0) is 6.92 Å². The van der Waals surface area contributed by atoms with Crippen LogP contribution in [0.15, 0.2) is 0 Å². The quantitative estimate of drug-likeness (QED) is 0.664. The highest BCUT2D eigenvalue weighted by molar-refractivity contribution is 4.62. The lowest BCUT2D eigenvalue weighted by Crippen LogP contribution is -2.33. The minimum absolute atomic E-state index is 0.107. The number of nitrogens with two attached hydrogens (primary N) is 1. The summed E-state index contributed by atoms with van der Waals surface area (Å²) in [5, 5.41) is 8.76. The van der Waals surface area contributed by atoms with Crippen LogP contribution in [0.25, 0.3) is 0 Å². The highest BCUT2D eigenvalue weighted by atomic mass is 19.4. The highest BCUT2D eigenvalue weighted by Gasteiger charge is 2.37. The zero-order valence-corrected chi connectivity index (χ0v) is 6.64. The lowest BCUT2D eigenvalue weighted by atomic mass is 10.3. The third kappa shape index (κ3) is 4.53. The monoisotopic (exact) mass is 187 g/mol. The largest absolute Gasteiger partial charge is 0.414 e. The van der Waals surface area contributed by atoms with Gasteiger partial charge in [0.05, 0.1) is 12.7 Å². The van der Waals surface area contributed by atoms with E-state index in [0.717, 1.165) is 6.92 Å². The number of halogens is 3. The number of hydrogen-bond donors (Lipinski definition) is 2. The Morgan fingerprint density at radius 3 is 2.33 bits per heavy atom. The summed E-state index contributed by atoms with van der Waals surface area (Å²) in [6.45, 7) is 0.380. The smallest absolute Gasteiger partial charge is 0.389 e. The molecular formula is C6H12F3NO2. The van der Waals surface area contributed by atoms with E-state index >= 15 is 0 Å². The van der Waals surface area contributed by atoms with Crippen LogP contribution < -0.4 is 5.73 Å². The number of hydrogen-bond acceptors (Lipinski definition) is 3. The van der Waals surface area contributed by atoms with Crippen LogP contribution in [0.3, 0.4) is 0 Å². The standard InChI is InChI=1S/C6H12F3NO2/c1-4(6(7,8)9)12-3-5(11)2-10/h4-5,11H,2-3,10H2,1H3. The summed E-state index contributed by atoms with van der Waals surface area (Å²) in [5.74, 6) is 0. The van der Waals surface area contributed by atoms with Gasteiger partial charge in [0, 0.05) is 6.54 Å². The van der Waals surface area contributed by atoms with Crippen molar-refractivity contribution in [3.05, 3.63) is 0 Å². The molecule has 0 amide bonds. The Morgan fingerprint density at radius 1 is 1.50 bits per heavy atom. The molecule has 0 radical (unpaired) electrons. The maximum Gasteiger partial charge on any atom is 0.414 e. The molecule has 0 saturated heterocycles. The van der Waals surface area contributed by atoms with Gasteiger partial charge in [-0.3, -0.25) is 0 Å². The lowest BCUT2D eigenvalue weighted by Gasteiger charge is -2.17. The van der Waals surface area contributed by atoms with E-state index in [1.807, 2.05) is 0 Å². The summed E-state index contributed by atoms with van der Waals surface area (Å²) in [6.07, 6.45) is -7.28. The molecule has 0 aliphatic carbocycles. The molecule has 0 aliphatic heterocycles. The maximum absolute atomic E-state index is 11.8. The summed E-state index contributed by atoms with van der Waals surface area (Å²) in [4.78, 5) is 0. The Balaban J connectivity index is 3.64. The number of ether oxygens (including phenoxy) is 1. The van der Waals surface area contributed by atoms with Crippen LogP contribution in [0.2, 0.25) is 0 Å². The van der Waals surface area contributed by atoms with Crippen LogP contribution in [0.5, 0.6) is 0 Å². The van der Waals surface area contributed by atoms with Crippen molar-refractivity contribution in [2.45, 2.75) is 25.3 Å². The van der Waals surface area contributed by atoms with E-state index in [-0.39, 0.29) is 6.54 Å². The summed E-state index contributed by atoms with van der Waals surface area (Å²) in [5.41, 5.74) is 4.96. The van der Waals surface area contributed by atoms with Crippen molar-refractivity contribution in [1.82, 2.24) is 0 Å². The first kappa shape index (κ1) is 11.7. The summed E-state index contributed by atoms with van der Waals surface area (Å²) in [7, 11) is 0. The van der Waals surface area contributed by atoms with Crippen LogP contribution in [0, 0.1) is 0 Å². The third-order valence-corrected chi connectivity index (χ3v) is 1.27. The average molecular weight is 187 g/mol. The Bertz CT molecular complexity index is 128. The Labute approximate surface area is 68.3 Å². The molecule has 0 fully saturated rings. The van der Waals surface area contributed by atoms with Gasteiger partial charge >= 0.3 is 6.18 Å². The van der Waals surface area contributed by atoms with E-state index in [2.05, 4.69) is 4.74 Å². The van der Waals surface area contributed by atoms with Gasteiger partial charge in [0.2, 0.25) is 0 Å². The molecular weight excluding hydrogens is 175 g/mol. The SMILES string of the molecule is CC(OCC(O)CN)C(F)(F)F. The summed E-state index contributed by atoms with van der Waals surface area (Å²) >= 11 is 0.